The Morgan fingerprint density at radius 1 is 1.23 bits per heavy atom. The highest BCUT2D eigenvalue weighted by molar-refractivity contribution is 7.86. The number of ether oxygens (including phenoxy) is 1. The summed E-state index contributed by atoms with van der Waals surface area (Å²) in [5.74, 6) is -4.81. The molecule has 1 atom stereocenters. The Bertz CT molecular complexity index is 1260. The summed E-state index contributed by atoms with van der Waals surface area (Å²) in [6.45, 7) is 1.46. The highest BCUT2D eigenvalue weighted by atomic mass is 32.2. The molecule has 0 radical (unpaired) electrons. The van der Waals surface area contributed by atoms with E-state index in [0.717, 1.165) is 30.3 Å². The van der Waals surface area contributed by atoms with E-state index in [2.05, 4.69) is 4.18 Å². The van der Waals surface area contributed by atoms with Gasteiger partial charge >= 0.3 is 16.3 Å². The number of carbonyl (C=O) groups is 1. The number of nitrogens with two attached hydrogens (primary N) is 1. The van der Waals surface area contributed by atoms with Crippen molar-refractivity contribution < 1.29 is 44.6 Å². The fourth-order valence-electron chi connectivity index (χ4n) is 2.21. The molecule has 3 rings (SSSR count). The van der Waals surface area contributed by atoms with Gasteiger partial charge in [-0.05, 0) is 36.2 Å². The average molecular weight is 442 g/mol. The predicted molar refractivity (Wildman–Crippen MR) is 96.3 cm³/mol. The number of aryl methyl sites for hydroxylation is 1. The van der Waals surface area contributed by atoms with Gasteiger partial charge in [0.05, 0.1) is 4.11 Å². The molecule has 0 aliphatic carbocycles. The quantitative estimate of drug-likeness (QED) is 0.696. The van der Waals surface area contributed by atoms with Crippen LogP contribution in [-0.4, -0.2) is 20.4 Å². The second-order valence-electron chi connectivity index (χ2n) is 5.65. The van der Waals surface area contributed by atoms with Crippen molar-refractivity contribution in [1.82, 2.24) is 0 Å². The minimum atomic E-state index is -5.21. The molecule has 0 saturated heterocycles. The van der Waals surface area contributed by atoms with Crippen LogP contribution in [0.25, 0.3) is 0 Å². The molecule has 0 aromatic heterocycles. The summed E-state index contributed by atoms with van der Waals surface area (Å²) in [6, 6.07) is 6.86. The van der Waals surface area contributed by atoms with Gasteiger partial charge < -0.3 is 14.7 Å². The van der Waals surface area contributed by atoms with Gasteiger partial charge in [0.25, 0.3) is 0 Å². The topological polar surface area (TPSA) is 130 Å². The zero-order valence-corrected chi connectivity index (χ0v) is 16.0. The summed E-state index contributed by atoms with van der Waals surface area (Å²) in [7, 11) is -5.21. The summed E-state index contributed by atoms with van der Waals surface area (Å²) in [5.41, 5.74) is 1.83. The van der Waals surface area contributed by atoms with E-state index in [-0.39, 0.29) is 17.3 Å². The van der Waals surface area contributed by atoms with Gasteiger partial charge in [-0.25, -0.2) is 8.78 Å². The van der Waals surface area contributed by atoms with E-state index in [9.17, 15) is 22.0 Å². The van der Waals surface area contributed by atoms with Gasteiger partial charge in [-0.1, -0.05) is 24.3 Å². The second-order valence-corrected chi connectivity index (χ2v) is 6.93. The van der Waals surface area contributed by atoms with Crippen LogP contribution in [0.1, 0.15) is 26.9 Å². The standard InChI is InChI=1S/C18H15F2NO5S.CO2/c1-10-2-5-12(8-14(10)20)16-15(22)17(18(21)25-16)26-27(23,24)9-11-3-6-13(19)7-4-11;2-1-3/h2-8,16H,9,21H2,1H3;/t16-;/m0./s1/i9D2,16D;. The lowest BCUT2D eigenvalue weighted by Gasteiger charge is -2.10. The first-order chi connectivity index (χ1) is 15.2. The number of rotatable bonds is 5. The van der Waals surface area contributed by atoms with E-state index in [1.807, 2.05) is 0 Å². The maximum Gasteiger partial charge on any atom is 0.373 e. The highest BCUT2D eigenvalue weighted by Gasteiger charge is 2.39. The normalized spacial score (nSPS) is 20.1. The second kappa shape index (κ2) is 9.29. The SMILES string of the molecule is O=C=O.[2H]C([2H])(c1ccc(F)cc1)S(=O)(=O)OC1=C(N)O[C@@]([2H])(c2ccc(C)c(F)c2)C1=O. The molecule has 1 aliphatic rings. The molecule has 1 heterocycles. The fourth-order valence-corrected chi connectivity index (χ4v) is 3.06. The maximum atomic E-state index is 13.9. The summed E-state index contributed by atoms with van der Waals surface area (Å²) in [4.78, 5) is 28.9. The number of carbonyl (C=O) groups excluding carboxylic acids is 3. The van der Waals surface area contributed by atoms with E-state index in [1.54, 1.807) is 0 Å². The maximum absolute atomic E-state index is 13.9. The predicted octanol–water partition coefficient (Wildman–Crippen LogP) is 2.00. The number of halogens is 2. The van der Waals surface area contributed by atoms with Crippen LogP contribution in [0, 0.1) is 18.6 Å². The Morgan fingerprint density at radius 2 is 1.83 bits per heavy atom. The number of hydrogen-bond acceptors (Lipinski definition) is 8. The molecule has 2 aromatic carbocycles. The number of Topliss-reactive ketones (excluding diaryl/α,β-unsaturated/α-hetero) is 1. The van der Waals surface area contributed by atoms with Crippen molar-refractivity contribution in [3.05, 3.63) is 82.4 Å². The lowest BCUT2D eigenvalue weighted by molar-refractivity contribution is -0.191. The largest absolute Gasteiger partial charge is 0.460 e. The van der Waals surface area contributed by atoms with Crippen LogP contribution in [0.5, 0.6) is 0 Å². The molecule has 158 valence electrons. The molecule has 8 nitrogen and oxygen atoms in total. The molecule has 0 spiro atoms. The molecule has 0 bridgehead atoms. The van der Waals surface area contributed by atoms with Crippen molar-refractivity contribution in [2.45, 2.75) is 18.7 Å². The van der Waals surface area contributed by atoms with Crippen molar-refractivity contribution in [2.24, 2.45) is 5.73 Å². The molecular formula is C19H15F2NO7S. The Morgan fingerprint density at radius 3 is 2.40 bits per heavy atom. The van der Waals surface area contributed by atoms with Crippen molar-refractivity contribution >= 4 is 22.1 Å². The third-order valence-electron chi connectivity index (χ3n) is 3.56. The van der Waals surface area contributed by atoms with Gasteiger partial charge in [0.1, 0.15) is 17.3 Å². The number of hydrogen-bond donors (Lipinski definition) is 1. The summed E-state index contributed by atoms with van der Waals surface area (Å²) >= 11 is 0. The van der Waals surface area contributed by atoms with E-state index in [1.165, 1.54) is 19.1 Å². The highest BCUT2D eigenvalue weighted by Crippen LogP contribution is 2.33. The van der Waals surface area contributed by atoms with Gasteiger partial charge in [0.2, 0.25) is 17.4 Å². The smallest absolute Gasteiger partial charge is 0.373 e. The Balaban J connectivity index is 0.00000122. The monoisotopic (exact) mass is 442 g/mol. The lowest BCUT2D eigenvalue weighted by Crippen LogP contribution is -2.16. The zero-order valence-electron chi connectivity index (χ0n) is 18.1. The first kappa shape index (κ1) is 18.5. The minimum Gasteiger partial charge on any atom is -0.460 e. The Hall–Kier alpha value is -3.56. The van der Waals surface area contributed by atoms with Crippen LogP contribution < -0.4 is 5.73 Å². The molecule has 11 heteroatoms. The summed E-state index contributed by atoms with van der Waals surface area (Å²) in [5, 5.41) is 0. The molecule has 1 aliphatic heterocycles. The molecule has 0 unspecified atom stereocenters. The number of ketones is 1. The third-order valence-corrected chi connectivity index (χ3v) is 4.43. The molecule has 2 aromatic rings. The van der Waals surface area contributed by atoms with E-state index < -0.39 is 56.5 Å². The molecular weight excluding hydrogens is 424 g/mol. The van der Waals surface area contributed by atoms with Crippen molar-refractivity contribution in [3.8, 4) is 0 Å². The van der Waals surface area contributed by atoms with E-state index >= 15 is 0 Å². The van der Waals surface area contributed by atoms with Gasteiger partial charge in [-0.15, -0.1) is 0 Å². The first-order valence-corrected chi connectivity index (χ1v) is 9.31. The lowest BCUT2D eigenvalue weighted by atomic mass is 10.0. The van der Waals surface area contributed by atoms with Gasteiger partial charge in [0, 0.05) is 5.56 Å². The summed E-state index contributed by atoms with van der Waals surface area (Å²) < 4.78 is 85.5. The third kappa shape index (κ3) is 5.49. The molecule has 0 saturated carbocycles. The van der Waals surface area contributed by atoms with Crippen molar-refractivity contribution in [2.75, 3.05) is 0 Å². The summed E-state index contributed by atoms with van der Waals surface area (Å²) in [6.07, 6.45) is -2.37. The van der Waals surface area contributed by atoms with Crippen molar-refractivity contribution in [3.63, 3.8) is 0 Å². The molecule has 0 amide bonds. The fraction of sp³-hybridized carbons (Fsp3) is 0.158. The van der Waals surface area contributed by atoms with Gasteiger partial charge in [0.15, 0.2) is 6.08 Å². The molecule has 2 N–H and O–H groups in total. The Kier molecular flexibility index (Phi) is 5.72. The van der Waals surface area contributed by atoms with E-state index in [4.69, 9.17) is 24.2 Å². The minimum absolute atomic E-state index is 0.236. The Labute approximate surface area is 174 Å². The van der Waals surface area contributed by atoms with Crippen LogP contribution in [-0.2, 0) is 39.1 Å². The first-order valence-electron chi connectivity index (χ1n) is 9.40. The molecule has 30 heavy (non-hydrogen) atoms. The average Bonchev–Trinajstić information content (AvgIpc) is 2.94. The van der Waals surface area contributed by atoms with Crippen LogP contribution in [0.3, 0.4) is 0 Å². The zero-order chi connectivity index (χ0) is 25.2. The van der Waals surface area contributed by atoms with Crippen LogP contribution in [0.4, 0.5) is 8.78 Å². The molecule has 0 fully saturated rings. The van der Waals surface area contributed by atoms with Gasteiger partial charge in [-0.3, -0.25) is 4.79 Å². The van der Waals surface area contributed by atoms with Crippen molar-refractivity contribution in [1.29, 1.82) is 0 Å². The number of benzene rings is 2. The van der Waals surface area contributed by atoms with Crippen LogP contribution in [0.2, 0.25) is 0 Å². The van der Waals surface area contributed by atoms with Gasteiger partial charge in [-0.2, -0.15) is 18.0 Å². The van der Waals surface area contributed by atoms with Crippen LogP contribution >= 0.6 is 0 Å². The van der Waals surface area contributed by atoms with Crippen LogP contribution in [0.15, 0.2) is 54.1 Å². The van der Waals surface area contributed by atoms with E-state index in [0.29, 0.717) is 0 Å².